The molecule has 21 heavy (non-hydrogen) atoms. The third-order valence-electron chi connectivity index (χ3n) is 4.46. The van der Waals surface area contributed by atoms with Gasteiger partial charge in [-0.1, -0.05) is 32.0 Å². The van der Waals surface area contributed by atoms with E-state index in [4.69, 9.17) is 0 Å². The van der Waals surface area contributed by atoms with Crippen LogP contribution >= 0.6 is 11.3 Å². The lowest BCUT2D eigenvalue weighted by atomic mass is 9.91. The van der Waals surface area contributed by atoms with Crippen LogP contribution in [-0.2, 0) is 11.3 Å². The fourth-order valence-corrected chi connectivity index (χ4v) is 4.05. The molecule has 1 N–H and O–H groups in total. The fraction of sp³-hybridized carbons (Fsp3) is 0.375. The predicted molar refractivity (Wildman–Crippen MR) is 84.2 cm³/mol. The van der Waals surface area contributed by atoms with Crippen LogP contribution in [0.1, 0.15) is 32.3 Å². The van der Waals surface area contributed by atoms with Gasteiger partial charge in [-0.3, -0.25) is 10.1 Å². The second-order valence-corrected chi connectivity index (χ2v) is 6.25. The summed E-state index contributed by atoms with van der Waals surface area (Å²) < 4.78 is 1.21. The van der Waals surface area contributed by atoms with Crippen molar-refractivity contribution in [3.63, 3.8) is 0 Å². The van der Waals surface area contributed by atoms with Crippen molar-refractivity contribution in [2.45, 2.75) is 38.8 Å². The molecule has 0 aliphatic carbocycles. The van der Waals surface area contributed by atoms with E-state index >= 15 is 0 Å². The average Bonchev–Trinajstić information content (AvgIpc) is 3.00. The van der Waals surface area contributed by atoms with Crippen LogP contribution in [0.2, 0.25) is 0 Å². The molecule has 0 atom stereocenters. The van der Waals surface area contributed by atoms with E-state index in [9.17, 15) is 9.59 Å². The van der Waals surface area contributed by atoms with Crippen LogP contribution in [0.3, 0.4) is 0 Å². The first-order chi connectivity index (χ1) is 10.1. The first-order valence-electron chi connectivity index (χ1n) is 7.20. The van der Waals surface area contributed by atoms with E-state index in [2.05, 4.69) is 22.8 Å². The Morgan fingerprint density at radius 2 is 1.90 bits per heavy atom. The summed E-state index contributed by atoms with van der Waals surface area (Å²) in [4.78, 5) is 26.1. The molecule has 1 saturated heterocycles. The van der Waals surface area contributed by atoms with E-state index in [-0.39, 0.29) is 11.9 Å². The number of imide groups is 1. The fourth-order valence-electron chi connectivity index (χ4n) is 3.10. The molecular weight excluding hydrogens is 284 g/mol. The number of amides is 3. The lowest BCUT2D eigenvalue weighted by molar-refractivity contribution is -0.127. The molecule has 5 heteroatoms. The zero-order chi connectivity index (χ0) is 15.0. The molecule has 0 bridgehead atoms. The van der Waals surface area contributed by atoms with Gasteiger partial charge in [0.25, 0.3) is 5.91 Å². The molecule has 0 spiro atoms. The standard InChI is InChI=1S/C16H18N2O2S/c1-3-16(4-2)14(19)17-15(20)18(16)9-11-10-21-13-8-6-5-7-12(11)13/h5-8,10H,3-4,9H2,1-2H3,(H,17,19,20). The van der Waals surface area contributed by atoms with Crippen molar-refractivity contribution in [2.75, 3.05) is 0 Å². The van der Waals surface area contributed by atoms with Gasteiger partial charge in [0.05, 0.1) is 0 Å². The average molecular weight is 302 g/mol. The van der Waals surface area contributed by atoms with Crippen molar-refractivity contribution in [1.29, 1.82) is 0 Å². The van der Waals surface area contributed by atoms with E-state index < -0.39 is 5.54 Å². The highest BCUT2D eigenvalue weighted by Crippen LogP contribution is 2.33. The molecule has 1 aromatic carbocycles. The van der Waals surface area contributed by atoms with Crippen LogP contribution in [-0.4, -0.2) is 22.4 Å². The molecule has 1 aliphatic heterocycles. The van der Waals surface area contributed by atoms with E-state index in [1.807, 2.05) is 26.0 Å². The number of benzene rings is 1. The number of hydrogen-bond acceptors (Lipinski definition) is 3. The summed E-state index contributed by atoms with van der Waals surface area (Å²) in [7, 11) is 0. The smallest absolute Gasteiger partial charge is 0.305 e. The second kappa shape index (κ2) is 5.15. The molecule has 1 fully saturated rings. The van der Waals surface area contributed by atoms with Crippen molar-refractivity contribution in [1.82, 2.24) is 10.2 Å². The molecule has 4 nitrogen and oxygen atoms in total. The molecular formula is C16H18N2O2S. The van der Waals surface area contributed by atoms with Crippen LogP contribution in [0.25, 0.3) is 10.1 Å². The van der Waals surface area contributed by atoms with E-state index in [0.29, 0.717) is 19.4 Å². The maximum absolute atomic E-state index is 12.2. The van der Waals surface area contributed by atoms with E-state index in [1.54, 1.807) is 16.2 Å². The molecule has 0 unspecified atom stereocenters. The van der Waals surface area contributed by atoms with Crippen molar-refractivity contribution in [3.05, 3.63) is 35.2 Å². The van der Waals surface area contributed by atoms with Crippen molar-refractivity contribution in [2.24, 2.45) is 0 Å². The summed E-state index contributed by atoms with van der Waals surface area (Å²) >= 11 is 1.67. The Balaban J connectivity index is 1.99. The van der Waals surface area contributed by atoms with Crippen LogP contribution in [0, 0.1) is 0 Å². The maximum atomic E-state index is 12.2. The largest absolute Gasteiger partial charge is 0.325 e. The highest BCUT2D eigenvalue weighted by molar-refractivity contribution is 7.17. The molecule has 0 saturated carbocycles. The highest BCUT2D eigenvalue weighted by atomic mass is 32.1. The van der Waals surface area contributed by atoms with Gasteiger partial charge in [0.1, 0.15) is 5.54 Å². The third kappa shape index (κ3) is 2.03. The lowest BCUT2D eigenvalue weighted by Gasteiger charge is -2.33. The van der Waals surface area contributed by atoms with Gasteiger partial charge in [0.2, 0.25) is 0 Å². The number of nitrogens with one attached hydrogen (secondary N) is 1. The number of urea groups is 1. The number of thiophene rings is 1. The van der Waals surface area contributed by atoms with Gasteiger partial charge in [-0.25, -0.2) is 4.79 Å². The van der Waals surface area contributed by atoms with Gasteiger partial charge < -0.3 is 4.90 Å². The molecule has 1 aromatic heterocycles. The molecule has 3 amide bonds. The SMILES string of the molecule is CCC1(CC)C(=O)NC(=O)N1Cc1csc2ccccc12. The Morgan fingerprint density at radius 1 is 1.19 bits per heavy atom. The predicted octanol–water partition coefficient (Wildman–Crippen LogP) is 3.51. The lowest BCUT2D eigenvalue weighted by Crippen LogP contribution is -2.48. The quantitative estimate of drug-likeness (QED) is 0.879. The number of carbonyl (C=O) groups is 2. The number of carbonyl (C=O) groups excluding carboxylic acids is 2. The Bertz CT molecular complexity index is 703. The number of rotatable bonds is 4. The Hall–Kier alpha value is -1.88. The van der Waals surface area contributed by atoms with Gasteiger partial charge >= 0.3 is 6.03 Å². The second-order valence-electron chi connectivity index (χ2n) is 5.34. The summed E-state index contributed by atoms with van der Waals surface area (Å²) in [5.74, 6) is -0.169. The molecule has 110 valence electrons. The van der Waals surface area contributed by atoms with Crippen molar-refractivity contribution < 1.29 is 9.59 Å². The number of fused-ring (bicyclic) bond motifs is 1. The first kappa shape index (κ1) is 14.1. The molecule has 2 heterocycles. The Morgan fingerprint density at radius 3 is 2.62 bits per heavy atom. The summed E-state index contributed by atoms with van der Waals surface area (Å²) in [6.07, 6.45) is 1.26. The van der Waals surface area contributed by atoms with Gasteiger partial charge in [0.15, 0.2) is 0 Å². The summed E-state index contributed by atoms with van der Waals surface area (Å²) in [5.41, 5.74) is 0.395. The molecule has 0 radical (unpaired) electrons. The topological polar surface area (TPSA) is 49.4 Å². The minimum Gasteiger partial charge on any atom is -0.305 e. The van der Waals surface area contributed by atoms with E-state index in [0.717, 1.165) is 10.9 Å². The zero-order valence-electron chi connectivity index (χ0n) is 12.2. The summed E-state index contributed by atoms with van der Waals surface area (Å²) in [6, 6.07) is 7.87. The molecule has 2 aromatic rings. The minimum atomic E-state index is -0.708. The van der Waals surface area contributed by atoms with Gasteiger partial charge in [-0.05, 0) is 35.2 Å². The molecule has 1 aliphatic rings. The molecule has 3 rings (SSSR count). The summed E-state index contributed by atoms with van der Waals surface area (Å²) in [6.45, 7) is 4.39. The normalized spacial score (nSPS) is 17.5. The van der Waals surface area contributed by atoms with Gasteiger partial charge in [0, 0.05) is 11.2 Å². The van der Waals surface area contributed by atoms with Crippen molar-refractivity contribution in [3.8, 4) is 0 Å². The Kier molecular flexibility index (Phi) is 3.45. The number of hydrogen-bond donors (Lipinski definition) is 1. The highest BCUT2D eigenvalue weighted by Gasteiger charge is 2.50. The van der Waals surface area contributed by atoms with Crippen LogP contribution in [0.5, 0.6) is 0 Å². The summed E-state index contributed by atoms with van der Waals surface area (Å²) in [5, 5.41) is 5.71. The van der Waals surface area contributed by atoms with Gasteiger partial charge in [-0.15, -0.1) is 11.3 Å². The van der Waals surface area contributed by atoms with E-state index in [1.165, 1.54) is 4.70 Å². The monoisotopic (exact) mass is 302 g/mol. The number of nitrogens with zero attached hydrogens (tertiary/aromatic N) is 1. The van der Waals surface area contributed by atoms with Gasteiger partial charge in [-0.2, -0.15) is 0 Å². The minimum absolute atomic E-state index is 0.169. The Labute approximate surface area is 127 Å². The zero-order valence-corrected chi connectivity index (χ0v) is 13.0. The third-order valence-corrected chi connectivity index (χ3v) is 5.48. The van der Waals surface area contributed by atoms with Crippen LogP contribution in [0.15, 0.2) is 29.6 Å². The van der Waals surface area contributed by atoms with Crippen LogP contribution < -0.4 is 5.32 Å². The van der Waals surface area contributed by atoms with Crippen LogP contribution in [0.4, 0.5) is 4.79 Å². The van der Waals surface area contributed by atoms with Crippen molar-refractivity contribution >= 4 is 33.4 Å². The first-order valence-corrected chi connectivity index (χ1v) is 8.08. The maximum Gasteiger partial charge on any atom is 0.325 e.